The normalized spacial score (nSPS) is 10.2. The molecule has 6 heteroatoms. The fourth-order valence-corrected chi connectivity index (χ4v) is 2.60. The van der Waals surface area contributed by atoms with Gasteiger partial charge in [-0.15, -0.1) is 0 Å². The Bertz CT molecular complexity index is 619. The summed E-state index contributed by atoms with van der Waals surface area (Å²) in [5.74, 6) is 0.765. The van der Waals surface area contributed by atoms with E-state index in [9.17, 15) is 10.1 Å². The second-order valence-corrected chi connectivity index (χ2v) is 5.68. The molecule has 0 fully saturated rings. The van der Waals surface area contributed by atoms with Crippen molar-refractivity contribution in [1.82, 2.24) is 0 Å². The number of nitrogens with zero attached hydrogens (tertiary/aromatic N) is 1. The SMILES string of the molecule is O=[N+]([O-])c1cccc(COc2ccccc2I)c1Br. The summed E-state index contributed by atoms with van der Waals surface area (Å²) in [4.78, 5) is 10.4. The van der Waals surface area contributed by atoms with Gasteiger partial charge in [-0.25, -0.2) is 0 Å². The van der Waals surface area contributed by atoms with Crippen molar-refractivity contribution in [2.45, 2.75) is 6.61 Å². The molecule has 98 valence electrons. The lowest BCUT2D eigenvalue weighted by molar-refractivity contribution is -0.385. The molecule has 0 radical (unpaired) electrons. The summed E-state index contributed by atoms with van der Waals surface area (Å²) in [6.07, 6.45) is 0. The van der Waals surface area contributed by atoms with Crippen LogP contribution in [0.4, 0.5) is 5.69 Å². The van der Waals surface area contributed by atoms with Gasteiger partial charge in [0, 0.05) is 11.6 Å². The van der Waals surface area contributed by atoms with Crippen LogP contribution >= 0.6 is 38.5 Å². The maximum Gasteiger partial charge on any atom is 0.283 e. The fraction of sp³-hybridized carbons (Fsp3) is 0.0769. The number of nitro benzene ring substituents is 1. The zero-order chi connectivity index (χ0) is 13.8. The van der Waals surface area contributed by atoms with Crippen molar-refractivity contribution in [3.63, 3.8) is 0 Å². The summed E-state index contributed by atoms with van der Waals surface area (Å²) in [6, 6.07) is 12.5. The van der Waals surface area contributed by atoms with Crippen LogP contribution in [0, 0.1) is 13.7 Å². The van der Waals surface area contributed by atoms with E-state index in [0.29, 0.717) is 4.47 Å². The van der Waals surface area contributed by atoms with E-state index in [0.717, 1.165) is 14.9 Å². The second-order valence-electron chi connectivity index (χ2n) is 3.73. The molecule has 0 aliphatic rings. The van der Waals surface area contributed by atoms with Gasteiger partial charge in [-0.3, -0.25) is 10.1 Å². The molecule has 0 saturated heterocycles. The Hall–Kier alpha value is -1.15. The van der Waals surface area contributed by atoms with Crippen LogP contribution in [0.5, 0.6) is 5.75 Å². The third-order valence-corrected chi connectivity index (χ3v) is 4.28. The molecule has 0 amide bonds. The Morgan fingerprint density at radius 3 is 2.63 bits per heavy atom. The van der Waals surface area contributed by atoms with Crippen molar-refractivity contribution in [3.05, 3.63) is 66.2 Å². The molecule has 2 rings (SSSR count). The monoisotopic (exact) mass is 433 g/mol. The number of rotatable bonds is 4. The van der Waals surface area contributed by atoms with Crippen molar-refractivity contribution < 1.29 is 9.66 Å². The molecule has 0 atom stereocenters. The highest BCUT2D eigenvalue weighted by molar-refractivity contribution is 14.1. The summed E-state index contributed by atoms with van der Waals surface area (Å²) < 4.78 is 7.14. The molecule has 2 aromatic carbocycles. The van der Waals surface area contributed by atoms with E-state index in [1.54, 1.807) is 12.1 Å². The van der Waals surface area contributed by atoms with Crippen LogP contribution in [-0.4, -0.2) is 4.92 Å². The highest BCUT2D eigenvalue weighted by Gasteiger charge is 2.15. The van der Waals surface area contributed by atoms with E-state index in [1.807, 2.05) is 24.3 Å². The maximum atomic E-state index is 10.8. The first-order valence-electron chi connectivity index (χ1n) is 5.38. The molecule has 0 aromatic heterocycles. The lowest BCUT2D eigenvalue weighted by Gasteiger charge is -2.09. The third kappa shape index (κ3) is 3.44. The number of halogens is 2. The van der Waals surface area contributed by atoms with Gasteiger partial charge in [0.05, 0.1) is 8.49 Å². The minimum atomic E-state index is -0.417. The minimum absolute atomic E-state index is 0.0452. The lowest BCUT2D eigenvalue weighted by Crippen LogP contribution is -2.00. The van der Waals surface area contributed by atoms with Crippen LogP contribution < -0.4 is 4.74 Å². The topological polar surface area (TPSA) is 52.4 Å². The number of hydrogen-bond acceptors (Lipinski definition) is 3. The van der Waals surface area contributed by atoms with Gasteiger partial charge in [-0.1, -0.05) is 24.3 Å². The van der Waals surface area contributed by atoms with Crippen LogP contribution in [0.3, 0.4) is 0 Å². The predicted molar refractivity (Wildman–Crippen MR) is 84.3 cm³/mol. The first-order valence-corrected chi connectivity index (χ1v) is 7.26. The van der Waals surface area contributed by atoms with Gasteiger partial charge in [0.25, 0.3) is 5.69 Å². The summed E-state index contributed by atoms with van der Waals surface area (Å²) in [5.41, 5.74) is 0.790. The van der Waals surface area contributed by atoms with Crippen LogP contribution in [0.15, 0.2) is 46.9 Å². The Morgan fingerprint density at radius 2 is 1.95 bits per heavy atom. The summed E-state index contributed by atoms with van der Waals surface area (Å²) in [6.45, 7) is 0.280. The van der Waals surface area contributed by atoms with Crippen molar-refractivity contribution in [3.8, 4) is 5.75 Å². The van der Waals surface area contributed by atoms with Gasteiger partial charge in [0.2, 0.25) is 0 Å². The Labute approximate surface area is 132 Å². The van der Waals surface area contributed by atoms with Crippen LogP contribution in [0.25, 0.3) is 0 Å². The average Bonchev–Trinajstić information content (AvgIpc) is 2.39. The van der Waals surface area contributed by atoms with Gasteiger partial charge in [-0.05, 0) is 50.7 Å². The van der Waals surface area contributed by atoms with Crippen LogP contribution in [-0.2, 0) is 6.61 Å². The quantitative estimate of drug-likeness (QED) is 0.404. The smallest absolute Gasteiger partial charge is 0.283 e. The molecule has 2 aromatic rings. The molecule has 0 heterocycles. The van der Waals surface area contributed by atoms with E-state index in [4.69, 9.17) is 4.74 Å². The standard InChI is InChI=1S/C13H9BrINO3/c14-13-9(4-3-6-11(13)16(17)18)8-19-12-7-2-1-5-10(12)15/h1-7H,8H2. The molecule has 0 spiro atoms. The highest BCUT2D eigenvalue weighted by Crippen LogP contribution is 2.29. The van der Waals surface area contributed by atoms with E-state index in [-0.39, 0.29) is 12.3 Å². The van der Waals surface area contributed by atoms with Crippen LogP contribution in [0.2, 0.25) is 0 Å². The van der Waals surface area contributed by atoms with E-state index < -0.39 is 4.92 Å². The second kappa shape index (κ2) is 6.33. The van der Waals surface area contributed by atoms with Crippen molar-refractivity contribution in [1.29, 1.82) is 0 Å². The molecule has 0 unspecified atom stereocenters. The number of nitro groups is 1. The van der Waals surface area contributed by atoms with E-state index in [2.05, 4.69) is 38.5 Å². The van der Waals surface area contributed by atoms with Gasteiger partial charge in [0.15, 0.2) is 0 Å². The highest BCUT2D eigenvalue weighted by atomic mass is 127. The van der Waals surface area contributed by atoms with Crippen molar-refractivity contribution in [2.24, 2.45) is 0 Å². The summed E-state index contributed by atoms with van der Waals surface area (Å²) in [5, 5.41) is 10.8. The van der Waals surface area contributed by atoms with Gasteiger partial charge < -0.3 is 4.74 Å². The average molecular weight is 434 g/mol. The number of ether oxygens (including phenoxy) is 1. The molecule has 0 aliphatic heterocycles. The molecule has 0 N–H and O–H groups in total. The Kier molecular flexibility index (Phi) is 4.76. The predicted octanol–water partition coefficient (Wildman–Crippen LogP) is 4.54. The molecule has 19 heavy (non-hydrogen) atoms. The summed E-state index contributed by atoms with van der Waals surface area (Å²) in [7, 11) is 0. The maximum absolute atomic E-state index is 10.8. The third-order valence-electron chi connectivity index (χ3n) is 2.47. The zero-order valence-corrected chi connectivity index (χ0v) is 13.4. The van der Waals surface area contributed by atoms with E-state index >= 15 is 0 Å². The van der Waals surface area contributed by atoms with Gasteiger partial charge >= 0.3 is 0 Å². The minimum Gasteiger partial charge on any atom is -0.488 e. The number of benzene rings is 2. The van der Waals surface area contributed by atoms with E-state index in [1.165, 1.54) is 6.07 Å². The Balaban J connectivity index is 2.19. The fourth-order valence-electron chi connectivity index (χ4n) is 1.54. The largest absolute Gasteiger partial charge is 0.488 e. The molecule has 4 nitrogen and oxygen atoms in total. The van der Waals surface area contributed by atoms with Crippen molar-refractivity contribution in [2.75, 3.05) is 0 Å². The first kappa shape index (κ1) is 14.3. The van der Waals surface area contributed by atoms with Gasteiger partial charge in [0.1, 0.15) is 16.8 Å². The first-order chi connectivity index (χ1) is 9.09. The molecular weight excluding hydrogens is 425 g/mol. The summed E-state index contributed by atoms with van der Waals surface area (Å²) >= 11 is 5.43. The molecule has 0 aliphatic carbocycles. The Morgan fingerprint density at radius 1 is 1.21 bits per heavy atom. The molecule has 0 bridgehead atoms. The number of para-hydroxylation sites is 1. The van der Waals surface area contributed by atoms with Gasteiger partial charge in [-0.2, -0.15) is 0 Å². The van der Waals surface area contributed by atoms with Crippen LogP contribution in [0.1, 0.15) is 5.56 Å². The molecular formula is C13H9BrINO3. The number of hydrogen-bond donors (Lipinski definition) is 0. The van der Waals surface area contributed by atoms with Crippen molar-refractivity contribution >= 4 is 44.2 Å². The lowest BCUT2D eigenvalue weighted by atomic mass is 10.2. The zero-order valence-electron chi connectivity index (χ0n) is 9.68. The molecule has 0 saturated carbocycles.